The Morgan fingerprint density at radius 3 is 2.14 bits per heavy atom. The highest BCUT2D eigenvalue weighted by atomic mass is 32.2. The van der Waals surface area contributed by atoms with Crippen LogP contribution in [0.15, 0.2) is 29.2 Å². The summed E-state index contributed by atoms with van der Waals surface area (Å²) in [5.74, 6) is -0.202. The second-order valence-electron chi connectivity index (χ2n) is 8.03. The summed E-state index contributed by atoms with van der Waals surface area (Å²) in [6.07, 6.45) is 1.42. The van der Waals surface area contributed by atoms with E-state index in [9.17, 15) is 22.8 Å². The van der Waals surface area contributed by atoms with Gasteiger partial charge in [0.2, 0.25) is 27.7 Å². The van der Waals surface area contributed by atoms with Gasteiger partial charge in [0.25, 0.3) is 0 Å². The van der Waals surface area contributed by atoms with Crippen molar-refractivity contribution >= 4 is 33.4 Å². The van der Waals surface area contributed by atoms with Crippen LogP contribution in [0, 0.1) is 11.8 Å². The molecule has 3 amide bonds. The standard InChI is InChI=1S/C20H27N3O5S/c1-14-11-15(2)13-22(12-14)29(27,28)17-5-3-16(4-6-17)21-18(24)9-10-23-19(25)7-8-20(23)26/h3-6,14-15H,7-13H2,1-2H3,(H,21,24)/t14-,15-/m0/s1. The molecule has 3 rings (SSSR count). The Labute approximate surface area is 171 Å². The molecular weight excluding hydrogens is 394 g/mol. The molecule has 2 atom stereocenters. The molecule has 2 heterocycles. The molecule has 0 radical (unpaired) electrons. The molecule has 158 valence electrons. The molecule has 2 fully saturated rings. The summed E-state index contributed by atoms with van der Waals surface area (Å²) in [6.45, 7) is 5.19. The topological polar surface area (TPSA) is 104 Å². The zero-order valence-corrected chi connectivity index (χ0v) is 17.6. The third-order valence-corrected chi connectivity index (χ3v) is 7.17. The number of nitrogens with zero attached hydrogens (tertiary/aromatic N) is 2. The average Bonchev–Trinajstić information content (AvgIpc) is 2.97. The van der Waals surface area contributed by atoms with E-state index in [1.165, 1.54) is 16.4 Å². The first-order valence-corrected chi connectivity index (χ1v) is 11.3. The van der Waals surface area contributed by atoms with Crippen molar-refractivity contribution in [2.24, 2.45) is 11.8 Å². The highest BCUT2D eigenvalue weighted by molar-refractivity contribution is 7.89. The Morgan fingerprint density at radius 2 is 1.59 bits per heavy atom. The number of carbonyl (C=O) groups is 3. The largest absolute Gasteiger partial charge is 0.326 e. The fourth-order valence-corrected chi connectivity index (χ4v) is 5.65. The van der Waals surface area contributed by atoms with Crippen LogP contribution in [0.25, 0.3) is 0 Å². The van der Waals surface area contributed by atoms with Crippen LogP contribution in [0.5, 0.6) is 0 Å². The highest BCUT2D eigenvalue weighted by Gasteiger charge is 2.32. The molecular formula is C20H27N3O5S. The predicted molar refractivity (Wildman–Crippen MR) is 107 cm³/mol. The molecule has 0 spiro atoms. The van der Waals surface area contributed by atoms with E-state index in [1.54, 1.807) is 12.1 Å². The maximum atomic E-state index is 12.9. The minimum Gasteiger partial charge on any atom is -0.326 e. The number of sulfonamides is 1. The number of nitrogens with one attached hydrogen (secondary N) is 1. The number of carbonyl (C=O) groups excluding carboxylic acids is 3. The summed E-state index contributed by atoms with van der Waals surface area (Å²) in [7, 11) is -3.57. The van der Waals surface area contributed by atoms with Gasteiger partial charge in [-0.1, -0.05) is 13.8 Å². The quantitative estimate of drug-likeness (QED) is 0.706. The summed E-state index contributed by atoms with van der Waals surface area (Å²) in [5, 5.41) is 2.67. The van der Waals surface area contributed by atoms with Crippen molar-refractivity contribution < 1.29 is 22.8 Å². The van der Waals surface area contributed by atoms with Crippen LogP contribution in [0.2, 0.25) is 0 Å². The van der Waals surface area contributed by atoms with Crippen molar-refractivity contribution in [2.45, 2.75) is 44.4 Å². The van der Waals surface area contributed by atoms with Crippen molar-refractivity contribution in [3.63, 3.8) is 0 Å². The predicted octanol–water partition coefficient (Wildman–Crippen LogP) is 1.83. The molecule has 8 nitrogen and oxygen atoms in total. The van der Waals surface area contributed by atoms with E-state index in [0.29, 0.717) is 30.6 Å². The SMILES string of the molecule is C[C@H]1C[C@H](C)CN(S(=O)(=O)c2ccc(NC(=O)CCN3C(=O)CCC3=O)cc2)C1. The van der Waals surface area contributed by atoms with Gasteiger partial charge >= 0.3 is 0 Å². The lowest BCUT2D eigenvalue weighted by molar-refractivity contribution is -0.138. The van der Waals surface area contributed by atoms with Crippen LogP contribution in [-0.2, 0) is 24.4 Å². The van der Waals surface area contributed by atoms with Crippen LogP contribution in [0.3, 0.4) is 0 Å². The van der Waals surface area contributed by atoms with Crippen molar-refractivity contribution in [3.8, 4) is 0 Å². The molecule has 0 saturated carbocycles. The number of likely N-dealkylation sites (tertiary alicyclic amines) is 1. The summed E-state index contributed by atoms with van der Waals surface area (Å²) < 4.78 is 27.3. The van der Waals surface area contributed by atoms with E-state index in [4.69, 9.17) is 0 Å². The molecule has 1 aromatic carbocycles. The molecule has 29 heavy (non-hydrogen) atoms. The fourth-order valence-electron chi connectivity index (χ4n) is 3.97. The number of imide groups is 1. The van der Waals surface area contributed by atoms with Gasteiger partial charge in [0, 0.05) is 44.6 Å². The van der Waals surface area contributed by atoms with Crippen LogP contribution >= 0.6 is 0 Å². The van der Waals surface area contributed by atoms with Gasteiger partial charge in [-0.05, 0) is 42.5 Å². The molecule has 1 aromatic rings. The number of benzene rings is 1. The Morgan fingerprint density at radius 1 is 1.03 bits per heavy atom. The molecule has 0 aromatic heterocycles. The fraction of sp³-hybridized carbons (Fsp3) is 0.550. The van der Waals surface area contributed by atoms with E-state index in [0.717, 1.165) is 11.3 Å². The van der Waals surface area contributed by atoms with Crippen LogP contribution < -0.4 is 5.32 Å². The maximum Gasteiger partial charge on any atom is 0.243 e. The molecule has 2 saturated heterocycles. The van der Waals surface area contributed by atoms with Gasteiger partial charge < -0.3 is 5.32 Å². The monoisotopic (exact) mass is 421 g/mol. The van der Waals surface area contributed by atoms with Gasteiger partial charge in [-0.2, -0.15) is 4.31 Å². The Kier molecular flexibility index (Phi) is 6.38. The lowest BCUT2D eigenvalue weighted by Crippen LogP contribution is -2.42. The van der Waals surface area contributed by atoms with Crippen molar-refractivity contribution in [1.82, 2.24) is 9.21 Å². The third kappa shape index (κ3) is 5.02. The summed E-state index contributed by atoms with van der Waals surface area (Å²) in [4.78, 5) is 36.5. The second kappa shape index (κ2) is 8.62. The number of rotatable bonds is 6. The Balaban J connectivity index is 1.59. The number of piperidine rings is 1. The number of hydrogen-bond donors (Lipinski definition) is 1. The second-order valence-corrected chi connectivity index (χ2v) is 9.97. The van der Waals surface area contributed by atoms with Gasteiger partial charge in [-0.25, -0.2) is 8.42 Å². The van der Waals surface area contributed by atoms with E-state index in [1.807, 2.05) is 0 Å². The maximum absolute atomic E-state index is 12.9. The van der Waals surface area contributed by atoms with E-state index >= 15 is 0 Å². The lowest BCUT2D eigenvalue weighted by Gasteiger charge is -2.34. The molecule has 0 bridgehead atoms. The first-order valence-electron chi connectivity index (χ1n) is 9.90. The zero-order valence-electron chi connectivity index (χ0n) is 16.8. The number of hydrogen-bond acceptors (Lipinski definition) is 5. The molecule has 1 N–H and O–H groups in total. The van der Waals surface area contributed by atoms with E-state index < -0.39 is 10.0 Å². The van der Waals surface area contributed by atoms with Crippen LogP contribution in [0.4, 0.5) is 5.69 Å². The van der Waals surface area contributed by atoms with Crippen LogP contribution in [0.1, 0.15) is 39.5 Å². The summed E-state index contributed by atoms with van der Waals surface area (Å²) in [5.41, 5.74) is 0.466. The lowest BCUT2D eigenvalue weighted by atomic mass is 9.94. The molecule has 9 heteroatoms. The average molecular weight is 422 g/mol. The first-order chi connectivity index (χ1) is 13.7. The molecule has 2 aliphatic heterocycles. The van der Waals surface area contributed by atoms with Gasteiger partial charge in [0.1, 0.15) is 0 Å². The Bertz CT molecular complexity index is 871. The van der Waals surface area contributed by atoms with Gasteiger partial charge in [-0.15, -0.1) is 0 Å². The third-order valence-electron chi connectivity index (χ3n) is 5.33. The van der Waals surface area contributed by atoms with E-state index in [2.05, 4.69) is 19.2 Å². The minimum atomic E-state index is -3.57. The number of amides is 3. The number of anilines is 1. The first kappa shape index (κ1) is 21.4. The molecule has 0 unspecified atom stereocenters. The molecule has 2 aliphatic rings. The van der Waals surface area contributed by atoms with Gasteiger partial charge in [0.15, 0.2) is 0 Å². The Hall–Kier alpha value is -2.26. The van der Waals surface area contributed by atoms with E-state index in [-0.39, 0.29) is 48.4 Å². The highest BCUT2D eigenvalue weighted by Crippen LogP contribution is 2.27. The van der Waals surface area contributed by atoms with Gasteiger partial charge in [0.05, 0.1) is 4.90 Å². The zero-order chi connectivity index (χ0) is 21.2. The minimum absolute atomic E-state index is 0.00108. The van der Waals surface area contributed by atoms with Gasteiger partial charge in [-0.3, -0.25) is 19.3 Å². The van der Waals surface area contributed by atoms with Crippen molar-refractivity contribution in [2.75, 3.05) is 25.0 Å². The summed E-state index contributed by atoms with van der Waals surface area (Å²) in [6, 6.07) is 6.08. The smallest absolute Gasteiger partial charge is 0.243 e. The molecule has 0 aliphatic carbocycles. The van der Waals surface area contributed by atoms with Crippen molar-refractivity contribution in [3.05, 3.63) is 24.3 Å². The van der Waals surface area contributed by atoms with Crippen molar-refractivity contribution in [1.29, 1.82) is 0 Å². The van der Waals surface area contributed by atoms with Crippen LogP contribution in [-0.4, -0.2) is 55.0 Å². The summed E-state index contributed by atoms with van der Waals surface area (Å²) >= 11 is 0. The normalized spacial score (nSPS) is 23.4.